The maximum absolute atomic E-state index is 6.16. The Kier molecular flexibility index (Phi) is 4.76. The minimum Gasteiger partial charge on any atom is -0.497 e. The highest BCUT2D eigenvalue weighted by atomic mass is 16.7. The highest BCUT2D eigenvalue weighted by molar-refractivity contribution is 6.53. The summed E-state index contributed by atoms with van der Waals surface area (Å²) >= 11 is 0. The van der Waals surface area contributed by atoms with Crippen LogP contribution in [0.25, 0.3) is 5.57 Å². The van der Waals surface area contributed by atoms with Gasteiger partial charge >= 0.3 is 7.12 Å². The van der Waals surface area contributed by atoms with Crippen LogP contribution >= 0.6 is 0 Å². The van der Waals surface area contributed by atoms with Crippen molar-refractivity contribution in [1.29, 1.82) is 0 Å². The SMILES string of the molecule is COc1ccc(/C(=C\B2OC(C)(C)C(C)(C)O2)c2ccccc2)cc1. The average molecular weight is 336 g/mol. The Hall–Kier alpha value is -2.04. The van der Waals surface area contributed by atoms with Gasteiger partial charge in [-0.3, -0.25) is 0 Å². The zero-order chi connectivity index (χ0) is 18.1. The van der Waals surface area contributed by atoms with Gasteiger partial charge < -0.3 is 14.0 Å². The van der Waals surface area contributed by atoms with Gasteiger partial charge in [0, 0.05) is 0 Å². The molecule has 0 aromatic heterocycles. The average Bonchev–Trinajstić information content (AvgIpc) is 2.80. The molecule has 0 N–H and O–H groups in total. The zero-order valence-corrected chi connectivity index (χ0v) is 15.6. The molecule has 0 bridgehead atoms. The summed E-state index contributed by atoms with van der Waals surface area (Å²) in [6.07, 6.45) is 0. The first-order valence-electron chi connectivity index (χ1n) is 8.60. The van der Waals surface area contributed by atoms with Crippen LogP contribution in [-0.2, 0) is 9.31 Å². The molecule has 1 saturated heterocycles. The molecule has 1 fully saturated rings. The van der Waals surface area contributed by atoms with Crippen LogP contribution in [0.3, 0.4) is 0 Å². The Bertz CT molecular complexity index is 732. The van der Waals surface area contributed by atoms with E-state index in [4.69, 9.17) is 14.0 Å². The van der Waals surface area contributed by atoms with Gasteiger partial charge in [0.1, 0.15) is 5.75 Å². The minimum absolute atomic E-state index is 0.351. The lowest BCUT2D eigenvalue weighted by Crippen LogP contribution is -2.41. The van der Waals surface area contributed by atoms with E-state index in [9.17, 15) is 0 Å². The predicted molar refractivity (Wildman–Crippen MR) is 103 cm³/mol. The van der Waals surface area contributed by atoms with Gasteiger partial charge in [0.2, 0.25) is 0 Å². The Morgan fingerprint density at radius 1 is 0.840 bits per heavy atom. The van der Waals surface area contributed by atoms with E-state index in [1.165, 1.54) is 0 Å². The van der Waals surface area contributed by atoms with Gasteiger partial charge in [-0.2, -0.15) is 0 Å². The first kappa shape index (κ1) is 17.8. The van der Waals surface area contributed by atoms with Crippen molar-refractivity contribution in [2.24, 2.45) is 0 Å². The van der Waals surface area contributed by atoms with Crippen LogP contribution in [0.15, 0.2) is 60.6 Å². The van der Waals surface area contributed by atoms with E-state index >= 15 is 0 Å². The standard InChI is InChI=1S/C21H25BO3/c1-20(2)21(3,4)25-22(24-20)15-19(16-9-7-6-8-10-16)17-11-13-18(23-5)14-12-17/h6-15H,1-5H3/b19-15-. The first-order chi connectivity index (χ1) is 11.8. The molecule has 0 atom stereocenters. The molecule has 0 spiro atoms. The fraction of sp³-hybridized carbons (Fsp3) is 0.333. The Balaban J connectivity index is 2.00. The first-order valence-corrected chi connectivity index (χ1v) is 8.60. The maximum atomic E-state index is 6.16. The molecular formula is C21H25BO3. The van der Waals surface area contributed by atoms with Crippen LogP contribution in [0.5, 0.6) is 5.75 Å². The number of benzene rings is 2. The van der Waals surface area contributed by atoms with E-state index in [0.717, 1.165) is 22.4 Å². The molecule has 0 aliphatic carbocycles. The normalized spacial score (nSPS) is 19.1. The molecule has 0 amide bonds. The number of ether oxygens (including phenoxy) is 1. The van der Waals surface area contributed by atoms with Crippen molar-refractivity contribution >= 4 is 12.7 Å². The van der Waals surface area contributed by atoms with E-state index in [2.05, 4.69) is 57.9 Å². The van der Waals surface area contributed by atoms with Crippen molar-refractivity contribution in [2.75, 3.05) is 7.11 Å². The van der Waals surface area contributed by atoms with Crippen LogP contribution < -0.4 is 4.74 Å². The summed E-state index contributed by atoms with van der Waals surface area (Å²) in [6, 6.07) is 18.3. The van der Waals surface area contributed by atoms with Crippen LogP contribution in [0, 0.1) is 0 Å². The van der Waals surface area contributed by atoms with Gasteiger partial charge in [0.25, 0.3) is 0 Å². The van der Waals surface area contributed by atoms with E-state index < -0.39 is 0 Å². The van der Waals surface area contributed by atoms with Gasteiger partial charge in [-0.25, -0.2) is 0 Å². The number of rotatable bonds is 4. The molecule has 4 heteroatoms. The fourth-order valence-electron chi connectivity index (χ4n) is 2.84. The largest absolute Gasteiger partial charge is 0.497 e. The lowest BCUT2D eigenvalue weighted by atomic mass is 9.82. The quantitative estimate of drug-likeness (QED) is 0.754. The van der Waals surface area contributed by atoms with E-state index in [0.29, 0.717) is 0 Å². The molecule has 0 radical (unpaired) electrons. The summed E-state index contributed by atoms with van der Waals surface area (Å²) in [5, 5.41) is 0. The molecule has 3 rings (SSSR count). The summed E-state index contributed by atoms with van der Waals surface area (Å²) in [7, 11) is 1.29. The van der Waals surface area contributed by atoms with Crippen molar-refractivity contribution in [3.8, 4) is 5.75 Å². The molecule has 0 saturated carbocycles. The van der Waals surface area contributed by atoms with Crippen LogP contribution in [-0.4, -0.2) is 25.4 Å². The molecule has 1 aliphatic rings. The molecule has 130 valence electrons. The fourth-order valence-corrected chi connectivity index (χ4v) is 2.84. The molecular weight excluding hydrogens is 311 g/mol. The molecule has 2 aromatic carbocycles. The van der Waals surface area contributed by atoms with Crippen LogP contribution in [0.2, 0.25) is 0 Å². The third-order valence-corrected chi connectivity index (χ3v) is 5.06. The van der Waals surface area contributed by atoms with Crippen molar-refractivity contribution in [2.45, 2.75) is 38.9 Å². The lowest BCUT2D eigenvalue weighted by Gasteiger charge is -2.32. The summed E-state index contributed by atoms with van der Waals surface area (Å²) in [6.45, 7) is 8.26. The number of methoxy groups -OCH3 is 1. The third-order valence-electron chi connectivity index (χ3n) is 5.06. The molecule has 2 aromatic rings. The predicted octanol–water partition coefficient (Wildman–Crippen LogP) is 4.76. The second-order valence-corrected chi connectivity index (χ2v) is 7.30. The molecule has 1 aliphatic heterocycles. The van der Waals surface area contributed by atoms with Crippen molar-refractivity contribution < 1.29 is 14.0 Å². The lowest BCUT2D eigenvalue weighted by molar-refractivity contribution is 0.00578. The topological polar surface area (TPSA) is 27.7 Å². The summed E-state index contributed by atoms with van der Waals surface area (Å²) in [5.41, 5.74) is 2.61. The van der Waals surface area contributed by atoms with Gasteiger partial charge in [-0.15, -0.1) is 0 Å². The van der Waals surface area contributed by atoms with E-state index in [-0.39, 0.29) is 18.3 Å². The summed E-state index contributed by atoms with van der Waals surface area (Å²) in [5.74, 6) is 2.90. The number of hydrogen-bond acceptors (Lipinski definition) is 3. The molecule has 3 nitrogen and oxygen atoms in total. The molecule has 1 heterocycles. The summed E-state index contributed by atoms with van der Waals surface area (Å²) in [4.78, 5) is 0. The van der Waals surface area contributed by atoms with Gasteiger partial charge in [-0.1, -0.05) is 42.5 Å². The van der Waals surface area contributed by atoms with Crippen molar-refractivity contribution in [1.82, 2.24) is 0 Å². The Morgan fingerprint density at radius 2 is 1.36 bits per heavy atom. The highest BCUT2D eigenvalue weighted by Gasteiger charge is 2.50. The van der Waals surface area contributed by atoms with Crippen molar-refractivity contribution in [3.05, 3.63) is 71.7 Å². The van der Waals surface area contributed by atoms with E-state index in [1.807, 2.05) is 30.3 Å². The van der Waals surface area contributed by atoms with Gasteiger partial charge in [0.15, 0.2) is 0 Å². The molecule has 0 unspecified atom stereocenters. The van der Waals surface area contributed by atoms with Crippen LogP contribution in [0.1, 0.15) is 38.8 Å². The monoisotopic (exact) mass is 336 g/mol. The Morgan fingerprint density at radius 3 is 1.88 bits per heavy atom. The highest BCUT2D eigenvalue weighted by Crippen LogP contribution is 2.38. The van der Waals surface area contributed by atoms with Gasteiger partial charge in [0.05, 0.1) is 18.3 Å². The van der Waals surface area contributed by atoms with Crippen LogP contribution in [0.4, 0.5) is 0 Å². The number of hydrogen-bond donors (Lipinski definition) is 0. The summed E-state index contributed by atoms with van der Waals surface area (Å²) < 4.78 is 17.6. The smallest absolute Gasteiger partial charge is 0.487 e. The van der Waals surface area contributed by atoms with Gasteiger partial charge in [-0.05, 0) is 62.5 Å². The Labute approximate surface area is 150 Å². The third kappa shape index (κ3) is 3.65. The second kappa shape index (κ2) is 6.70. The second-order valence-electron chi connectivity index (χ2n) is 7.30. The minimum atomic E-state index is -0.387. The maximum Gasteiger partial charge on any atom is 0.487 e. The zero-order valence-electron chi connectivity index (χ0n) is 15.6. The van der Waals surface area contributed by atoms with Crippen molar-refractivity contribution in [3.63, 3.8) is 0 Å². The molecule has 25 heavy (non-hydrogen) atoms. The van der Waals surface area contributed by atoms with E-state index in [1.54, 1.807) is 7.11 Å².